The number of anilines is 2. The van der Waals surface area contributed by atoms with E-state index in [9.17, 15) is 0 Å². The van der Waals surface area contributed by atoms with Crippen LogP contribution in [-0.2, 0) is 6.42 Å². The zero-order valence-electron chi connectivity index (χ0n) is 21.5. The first-order chi connectivity index (χ1) is 15.7. The number of hydrogen-bond donors (Lipinski definition) is 2. The Labute approximate surface area is 200 Å². The number of aromatic nitrogens is 1. The van der Waals surface area contributed by atoms with Crippen LogP contribution >= 0.6 is 11.3 Å². The van der Waals surface area contributed by atoms with Crippen LogP contribution in [0.2, 0.25) is 0 Å². The van der Waals surface area contributed by atoms with Gasteiger partial charge in [-0.25, -0.2) is 4.98 Å². The van der Waals surface area contributed by atoms with Gasteiger partial charge < -0.3 is 15.0 Å². The summed E-state index contributed by atoms with van der Waals surface area (Å²) in [4.78, 5) is 8.32. The van der Waals surface area contributed by atoms with Crippen LogP contribution in [0.25, 0.3) is 0 Å². The Balaban J connectivity index is 0.00000227. The Hall–Kier alpha value is -2.12. The lowest BCUT2D eigenvalue weighted by atomic mass is 10.2. The van der Waals surface area contributed by atoms with Crippen molar-refractivity contribution >= 4 is 28.2 Å². The molecule has 0 fully saturated rings. The molecule has 2 aromatic heterocycles. The molecule has 2 rings (SSSR count). The Morgan fingerprint density at radius 2 is 1.75 bits per heavy atom. The third kappa shape index (κ3) is 11.5. The zero-order chi connectivity index (χ0) is 24.2. The van der Waals surface area contributed by atoms with Gasteiger partial charge in [-0.2, -0.15) is 5.10 Å². The van der Waals surface area contributed by atoms with Crippen LogP contribution in [0.15, 0.2) is 29.4 Å². The molecule has 0 bridgehead atoms. The number of likely N-dealkylation sites (N-methyl/N-ethyl adjacent to an activating group) is 1. The third-order valence-corrected chi connectivity index (χ3v) is 5.28. The molecule has 0 aliphatic rings. The van der Waals surface area contributed by atoms with Crippen LogP contribution in [0.3, 0.4) is 0 Å². The van der Waals surface area contributed by atoms with Gasteiger partial charge in [0.15, 0.2) is 0 Å². The third-order valence-electron chi connectivity index (χ3n) is 4.14. The molecule has 0 unspecified atom stereocenters. The van der Waals surface area contributed by atoms with E-state index < -0.39 is 0 Å². The van der Waals surface area contributed by atoms with Gasteiger partial charge in [-0.05, 0) is 44.5 Å². The van der Waals surface area contributed by atoms with Gasteiger partial charge >= 0.3 is 0 Å². The Bertz CT molecular complexity index is 727. The number of rotatable bonds is 13. The number of hydrogen-bond acceptors (Lipinski definition) is 7. The standard InChI is InChI=1S/C21H33N5OS.2C2H6/c1-5-11-26(12-6-2)18-14-17(24-20(15-18)27-13-10-22-4)16-23-25-21-9-8-19(7-3)28-21;2*1-2/h8-9,14-16,22,25H,5-7,10-13H2,1-4H3;2*1-2H3/b23-16+;;. The lowest BCUT2D eigenvalue weighted by molar-refractivity contribution is 0.306. The lowest BCUT2D eigenvalue weighted by Gasteiger charge is -2.24. The topological polar surface area (TPSA) is 61.8 Å². The van der Waals surface area contributed by atoms with Crippen LogP contribution in [0.5, 0.6) is 5.88 Å². The van der Waals surface area contributed by atoms with Crippen LogP contribution in [0, 0.1) is 0 Å². The van der Waals surface area contributed by atoms with E-state index in [1.807, 2.05) is 40.8 Å². The van der Waals surface area contributed by atoms with Crippen molar-refractivity contribution < 1.29 is 4.74 Å². The zero-order valence-corrected chi connectivity index (χ0v) is 22.3. The minimum Gasteiger partial charge on any atom is -0.476 e. The average molecular weight is 464 g/mol. The van der Waals surface area contributed by atoms with E-state index in [2.05, 4.69) is 64.7 Å². The van der Waals surface area contributed by atoms with Crippen molar-refractivity contribution in [2.24, 2.45) is 5.10 Å². The maximum Gasteiger partial charge on any atom is 0.215 e. The van der Waals surface area contributed by atoms with Crippen molar-refractivity contribution in [3.8, 4) is 5.88 Å². The van der Waals surface area contributed by atoms with Gasteiger partial charge in [-0.3, -0.25) is 5.43 Å². The molecule has 0 saturated heterocycles. The quantitative estimate of drug-likeness (QED) is 0.204. The van der Waals surface area contributed by atoms with E-state index in [0.29, 0.717) is 12.5 Å². The maximum absolute atomic E-state index is 5.84. The molecule has 0 atom stereocenters. The Kier molecular flexibility index (Phi) is 18.3. The monoisotopic (exact) mass is 463 g/mol. The molecular formula is C25H45N5OS. The SMILES string of the molecule is CC.CC.CCCN(CCC)c1cc(/C=N/Nc2ccc(CC)s2)nc(OCCNC)c1. The summed E-state index contributed by atoms with van der Waals surface area (Å²) in [5.41, 5.74) is 5.02. The molecule has 2 N–H and O–H groups in total. The summed E-state index contributed by atoms with van der Waals surface area (Å²) in [5, 5.41) is 8.50. The molecule has 7 heteroatoms. The van der Waals surface area contributed by atoms with Gasteiger partial charge in [0, 0.05) is 36.3 Å². The van der Waals surface area contributed by atoms with Gasteiger partial charge in [-0.1, -0.05) is 48.5 Å². The van der Waals surface area contributed by atoms with Crippen LogP contribution in [0.4, 0.5) is 10.7 Å². The molecule has 0 amide bonds. The van der Waals surface area contributed by atoms with Crippen LogP contribution in [0.1, 0.15) is 71.9 Å². The van der Waals surface area contributed by atoms with Crippen molar-refractivity contribution in [1.29, 1.82) is 0 Å². The Morgan fingerprint density at radius 1 is 1.06 bits per heavy atom. The molecule has 0 radical (unpaired) electrons. The fraction of sp³-hybridized carbons (Fsp3) is 0.600. The summed E-state index contributed by atoms with van der Waals surface area (Å²) >= 11 is 1.72. The highest BCUT2D eigenvalue weighted by molar-refractivity contribution is 7.16. The number of pyridine rings is 1. The van der Waals surface area contributed by atoms with E-state index in [-0.39, 0.29) is 0 Å². The summed E-state index contributed by atoms with van der Waals surface area (Å²) in [6, 6.07) is 8.29. The molecule has 0 aliphatic carbocycles. The largest absolute Gasteiger partial charge is 0.476 e. The second-order valence-electron chi connectivity index (χ2n) is 6.52. The molecule has 0 saturated carbocycles. The normalized spacial score (nSPS) is 10.1. The van der Waals surface area contributed by atoms with E-state index >= 15 is 0 Å². The highest BCUT2D eigenvalue weighted by Crippen LogP contribution is 2.23. The van der Waals surface area contributed by atoms with Gasteiger partial charge in [0.2, 0.25) is 5.88 Å². The van der Waals surface area contributed by atoms with E-state index in [0.717, 1.165) is 55.3 Å². The number of thiophene rings is 1. The Morgan fingerprint density at radius 3 is 2.31 bits per heavy atom. The molecular weight excluding hydrogens is 418 g/mol. The van der Waals surface area contributed by atoms with E-state index in [4.69, 9.17) is 4.74 Å². The summed E-state index contributed by atoms with van der Waals surface area (Å²) in [7, 11) is 1.91. The van der Waals surface area contributed by atoms with Crippen molar-refractivity contribution in [1.82, 2.24) is 10.3 Å². The predicted molar refractivity (Wildman–Crippen MR) is 144 cm³/mol. The number of nitrogens with one attached hydrogen (secondary N) is 2. The van der Waals surface area contributed by atoms with Crippen molar-refractivity contribution in [3.63, 3.8) is 0 Å². The van der Waals surface area contributed by atoms with Crippen molar-refractivity contribution in [3.05, 3.63) is 34.8 Å². The van der Waals surface area contributed by atoms with Crippen LogP contribution in [-0.4, -0.2) is 44.5 Å². The number of hydrazone groups is 1. The molecule has 0 spiro atoms. The highest BCUT2D eigenvalue weighted by Gasteiger charge is 2.09. The lowest BCUT2D eigenvalue weighted by Crippen LogP contribution is -2.25. The molecule has 32 heavy (non-hydrogen) atoms. The predicted octanol–water partition coefficient (Wildman–Crippen LogP) is 6.43. The fourth-order valence-corrected chi connectivity index (χ4v) is 3.59. The van der Waals surface area contributed by atoms with Gasteiger partial charge in [0.1, 0.15) is 11.6 Å². The van der Waals surface area contributed by atoms with E-state index in [1.54, 1.807) is 17.6 Å². The molecule has 2 heterocycles. The molecule has 0 aromatic carbocycles. The van der Waals surface area contributed by atoms with Crippen molar-refractivity contribution in [2.45, 2.75) is 67.7 Å². The summed E-state index contributed by atoms with van der Waals surface area (Å²) in [6.07, 6.45) is 5.00. The first-order valence-corrected chi connectivity index (χ1v) is 12.9. The summed E-state index contributed by atoms with van der Waals surface area (Å²) in [6.45, 7) is 17.9. The van der Waals surface area contributed by atoms with E-state index in [1.165, 1.54) is 4.88 Å². The average Bonchev–Trinajstić information content (AvgIpc) is 3.30. The van der Waals surface area contributed by atoms with Gasteiger partial charge in [0.05, 0.1) is 11.9 Å². The summed E-state index contributed by atoms with van der Waals surface area (Å²) in [5.74, 6) is 0.635. The fourth-order valence-electron chi connectivity index (χ4n) is 2.79. The summed E-state index contributed by atoms with van der Waals surface area (Å²) < 4.78 is 5.84. The first kappa shape index (κ1) is 29.9. The smallest absolute Gasteiger partial charge is 0.215 e. The molecule has 182 valence electrons. The molecule has 0 aliphatic heterocycles. The van der Waals surface area contributed by atoms with Crippen LogP contribution < -0.4 is 20.4 Å². The first-order valence-electron chi connectivity index (χ1n) is 12.1. The molecule has 6 nitrogen and oxygen atoms in total. The minimum atomic E-state index is 0.582. The van der Waals surface area contributed by atoms with Gasteiger partial charge in [0.25, 0.3) is 0 Å². The maximum atomic E-state index is 5.84. The number of nitrogens with zero attached hydrogens (tertiary/aromatic N) is 3. The van der Waals surface area contributed by atoms with Gasteiger partial charge in [-0.15, -0.1) is 11.3 Å². The second-order valence-corrected chi connectivity index (χ2v) is 7.69. The number of aryl methyl sites for hydroxylation is 1. The highest BCUT2D eigenvalue weighted by atomic mass is 32.1. The minimum absolute atomic E-state index is 0.582. The molecule has 2 aromatic rings. The number of ether oxygens (including phenoxy) is 1. The van der Waals surface area contributed by atoms with Crippen molar-refractivity contribution in [2.75, 3.05) is 43.6 Å². The second kappa shape index (κ2) is 19.6.